The number of carbonyl (C=O) groups excluding carboxylic acids is 3. The first-order valence-electron chi connectivity index (χ1n) is 9.93. The summed E-state index contributed by atoms with van der Waals surface area (Å²) in [4.78, 5) is 38.6. The van der Waals surface area contributed by atoms with E-state index in [2.05, 4.69) is 10.6 Å². The highest BCUT2D eigenvalue weighted by Crippen LogP contribution is 2.35. The Kier molecular flexibility index (Phi) is 5.63. The van der Waals surface area contributed by atoms with Gasteiger partial charge in [0, 0.05) is 18.0 Å². The average molecular weight is 428 g/mol. The number of para-hydroxylation sites is 1. The molecule has 4 rings (SSSR count). The fourth-order valence-electron chi connectivity index (χ4n) is 3.93. The molecule has 1 heterocycles. The molecule has 0 unspecified atom stereocenters. The summed E-state index contributed by atoms with van der Waals surface area (Å²) in [7, 11) is 0. The van der Waals surface area contributed by atoms with Gasteiger partial charge in [-0.1, -0.05) is 42.6 Å². The van der Waals surface area contributed by atoms with Crippen molar-refractivity contribution >= 4 is 35.1 Å². The molecule has 0 atom stereocenters. The molecule has 156 valence electrons. The second-order valence-corrected chi connectivity index (χ2v) is 7.97. The molecule has 4 amide bonds. The highest BCUT2D eigenvalue weighted by molar-refractivity contribution is 6.31. The Morgan fingerprint density at radius 1 is 1.13 bits per heavy atom. The van der Waals surface area contributed by atoms with Gasteiger partial charge < -0.3 is 15.4 Å². The van der Waals surface area contributed by atoms with Crippen molar-refractivity contribution in [2.75, 3.05) is 11.9 Å². The lowest BCUT2D eigenvalue weighted by atomic mass is 9.98. The van der Waals surface area contributed by atoms with Crippen LogP contribution < -0.4 is 15.4 Å². The Bertz CT molecular complexity index is 974. The number of hydrogen-bond donors (Lipinski definition) is 2. The minimum Gasteiger partial charge on any atom is -0.455 e. The molecule has 1 saturated heterocycles. The minimum atomic E-state index is -0.767. The van der Waals surface area contributed by atoms with E-state index in [4.69, 9.17) is 16.3 Å². The van der Waals surface area contributed by atoms with Gasteiger partial charge in [-0.2, -0.15) is 0 Å². The van der Waals surface area contributed by atoms with E-state index in [1.807, 2.05) is 18.2 Å². The van der Waals surface area contributed by atoms with Crippen molar-refractivity contribution in [3.63, 3.8) is 0 Å². The molecule has 1 aliphatic heterocycles. The number of anilines is 1. The molecule has 0 radical (unpaired) electrons. The third-order valence-corrected chi connectivity index (χ3v) is 5.69. The van der Waals surface area contributed by atoms with Crippen LogP contribution in [0, 0.1) is 0 Å². The van der Waals surface area contributed by atoms with E-state index in [1.54, 1.807) is 30.3 Å². The van der Waals surface area contributed by atoms with Gasteiger partial charge in [0.1, 0.15) is 11.3 Å². The fraction of sp³-hybridized carbons (Fsp3) is 0.318. The number of halogens is 1. The van der Waals surface area contributed by atoms with Crippen LogP contribution in [0.5, 0.6) is 11.5 Å². The van der Waals surface area contributed by atoms with Gasteiger partial charge in [-0.3, -0.25) is 14.5 Å². The van der Waals surface area contributed by atoms with Crippen LogP contribution in [0.15, 0.2) is 48.5 Å². The zero-order valence-electron chi connectivity index (χ0n) is 16.3. The third-order valence-electron chi connectivity index (χ3n) is 5.45. The lowest BCUT2D eigenvalue weighted by Crippen LogP contribution is -2.44. The molecule has 1 aliphatic carbocycles. The first kappa shape index (κ1) is 20.2. The minimum absolute atomic E-state index is 0.0213. The van der Waals surface area contributed by atoms with Gasteiger partial charge in [0.15, 0.2) is 5.75 Å². The summed E-state index contributed by atoms with van der Waals surface area (Å²) in [6.45, 7) is 0.0215. The van der Waals surface area contributed by atoms with Crippen molar-refractivity contribution < 1.29 is 19.1 Å². The maximum Gasteiger partial charge on any atom is 0.325 e. The summed E-state index contributed by atoms with van der Waals surface area (Å²) >= 11 is 6.08. The van der Waals surface area contributed by atoms with E-state index in [0.717, 1.165) is 17.7 Å². The van der Waals surface area contributed by atoms with Crippen LogP contribution in [0.1, 0.15) is 32.1 Å². The molecular formula is C22H22ClN3O4. The number of nitrogens with zero attached hydrogens (tertiary/aromatic N) is 1. The van der Waals surface area contributed by atoms with Gasteiger partial charge in [0.2, 0.25) is 5.91 Å². The maximum atomic E-state index is 12.7. The van der Waals surface area contributed by atoms with Gasteiger partial charge >= 0.3 is 6.03 Å². The molecule has 1 spiro atoms. The van der Waals surface area contributed by atoms with E-state index < -0.39 is 11.6 Å². The molecule has 8 heteroatoms. The molecule has 2 aliphatic rings. The molecule has 2 aromatic carbocycles. The molecule has 1 saturated carbocycles. The Labute approximate surface area is 179 Å². The summed E-state index contributed by atoms with van der Waals surface area (Å²) < 4.78 is 5.84. The number of hydrogen-bond acceptors (Lipinski definition) is 4. The fourth-order valence-corrected chi connectivity index (χ4v) is 4.10. The predicted molar refractivity (Wildman–Crippen MR) is 113 cm³/mol. The van der Waals surface area contributed by atoms with Crippen molar-refractivity contribution in [2.24, 2.45) is 0 Å². The van der Waals surface area contributed by atoms with E-state index in [1.165, 1.54) is 0 Å². The van der Waals surface area contributed by atoms with Crippen molar-refractivity contribution in [3.05, 3.63) is 53.6 Å². The number of ether oxygens (including phenoxy) is 1. The Balaban J connectivity index is 1.40. The number of amides is 4. The zero-order chi connectivity index (χ0) is 21.1. The normalized spacial score (nSPS) is 17.3. The van der Waals surface area contributed by atoms with Gasteiger partial charge in [-0.25, -0.2) is 4.79 Å². The van der Waals surface area contributed by atoms with Gasteiger partial charge in [0.25, 0.3) is 5.91 Å². The largest absolute Gasteiger partial charge is 0.455 e. The molecule has 2 fully saturated rings. The number of nitrogens with one attached hydrogen (secondary N) is 2. The summed E-state index contributed by atoms with van der Waals surface area (Å²) in [5, 5.41) is 6.03. The molecule has 0 aromatic heterocycles. The summed E-state index contributed by atoms with van der Waals surface area (Å²) in [6, 6.07) is 13.7. The van der Waals surface area contributed by atoms with Crippen LogP contribution in [0.25, 0.3) is 0 Å². The van der Waals surface area contributed by atoms with Crippen molar-refractivity contribution in [1.29, 1.82) is 0 Å². The SMILES string of the molecule is O=C(CCN1C(=O)NC2(CCCC2)C1=O)Nc1cc(Cl)ccc1Oc1ccccc1. The van der Waals surface area contributed by atoms with Crippen LogP contribution in [0.4, 0.5) is 10.5 Å². The van der Waals surface area contributed by atoms with Crippen LogP contribution in [-0.2, 0) is 9.59 Å². The lowest BCUT2D eigenvalue weighted by molar-refractivity contribution is -0.131. The highest BCUT2D eigenvalue weighted by Gasteiger charge is 2.52. The molecule has 30 heavy (non-hydrogen) atoms. The van der Waals surface area contributed by atoms with Crippen molar-refractivity contribution in [2.45, 2.75) is 37.6 Å². The standard InChI is InChI=1S/C22H22ClN3O4/c23-15-8-9-18(30-16-6-2-1-3-7-16)17(14-15)24-19(27)10-13-26-20(28)22(25-21(26)29)11-4-5-12-22/h1-3,6-9,14H,4-5,10-13H2,(H,24,27)(H,25,29). The van der Waals surface area contributed by atoms with E-state index >= 15 is 0 Å². The quantitative estimate of drug-likeness (QED) is 0.672. The number of imide groups is 1. The van der Waals surface area contributed by atoms with E-state index in [9.17, 15) is 14.4 Å². The molecule has 2 aromatic rings. The number of urea groups is 1. The van der Waals surface area contributed by atoms with E-state index in [-0.39, 0.29) is 24.8 Å². The lowest BCUT2D eigenvalue weighted by Gasteiger charge is -2.20. The van der Waals surface area contributed by atoms with Crippen molar-refractivity contribution in [3.8, 4) is 11.5 Å². The topological polar surface area (TPSA) is 87.7 Å². The zero-order valence-corrected chi connectivity index (χ0v) is 17.1. The summed E-state index contributed by atoms with van der Waals surface area (Å²) in [5.41, 5.74) is -0.349. The molecule has 2 N–H and O–H groups in total. The Morgan fingerprint density at radius 2 is 1.87 bits per heavy atom. The average Bonchev–Trinajstić information content (AvgIpc) is 3.28. The van der Waals surface area contributed by atoms with E-state index in [0.29, 0.717) is 35.1 Å². The van der Waals surface area contributed by atoms with Crippen LogP contribution >= 0.6 is 11.6 Å². The van der Waals surface area contributed by atoms with Crippen LogP contribution in [0.2, 0.25) is 5.02 Å². The van der Waals surface area contributed by atoms with Gasteiger partial charge in [0.05, 0.1) is 5.69 Å². The smallest absolute Gasteiger partial charge is 0.325 e. The Hall–Kier alpha value is -3.06. The predicted octanol–water partition coefficient (Wildman–Crippen LogP) is 4.33. The number of carbonyl (C=O) groups is 3. The summed E-state index contributed by atoms with van der Waals surface area (Å²) in [6.07, 6.45) is 3.12. The first-order chi connectivity index (χ1) is 14.5. The third kappa shape index (κ3) is 4.11. The van der Waals surface area contributed by atoms with Gasteiger partial charge in [-0.05, 0) is 43.2 Å². The number of rotatable bonds is 6. The van der Waals surface area contributed by atoms with Crippen LogP contribution in [0.3, 0.4) is 0 Å². The highest BCUT2D eigenvalue weighted by atomic mass is 35.5. The number of benzene rings is 2. The first-order valence-corrected chi connectivity index (χ1v) is 10.3. The second-order valence-electron chi connectivity index (χ2n) is 7.53. The van der Waals surface area contributed by atoms with Crippen LogP contribution in [-0.4, -0.2) is 34.8 Å². The second kappa shape index (κ2) is 8.36. The van der Waals surface area contributed by atoms with Crippen molar-refractivity contribution in [1.82, 2.24) is 10.2 Å². The monoisotopic (exact) mass is 427 g/mol. The van der Waals surface area contributed by atoms with Gasteiger partial charge in [-0.15, -0.1) is 0 Å². The summed E-state index contributed by atoms with van der Waals surface area (Å²) in [5.74, 6) is 0.493. The molecular weight excluding hydrogens is 406 g/mol. The maximum absolute atomic E-state index is 12.7. The molecule has 7 nitrogen and oxygen atoms in total. The Morgan fingerprint density at radius 3 is 2.60 bits per heavy atom. The molecule has 0 bridgehead atoms.